The predicted octanol–water partition coefficient (Wildman–Crippen LogP) is 3.95. The van der Waals surface area contributed by atoms with Crippen molar-refractivity contribution >= 4 is 17.6 Å². The zero-order valence-corrected chi connectivity index (χ0v) is 17.9. The molecule has 0 saturated heterocycles. The average molecular weight is 437 g/mol. The smallest absolute Gasteiger partial charge is 0.343 e. The first-order valence-corrected chi connectivity index (χ1v) is 9.63. The number of ether oxygens (including phenoxy) is 5. The van der Waals surface area contributed by atoms with Gasteiger partial charge in [0.05, 0.1) is 26.9 Å². The molecule has 0 aromatic heterocycles. The minimum absolute atomic E-state index is 0.238. The van der Waals surface area contributed by atoms with Gasteiger partial charge in [-0.05, 0) is 66.7 Å². The molecule has 3 aromatic carbocycles. The van der Waals surface area contributed by atoms with Gasteiger partial charge in [0.1, 0.15) is 17.2 Å². The molecule has 0 unspecified atom stereocenters. The van der Waals surface area contributed by atoms with E-state index in [2.05, 4.69) is 5.32 Å². The number of amides is 1. The van der Waals surface area contributed by atoms with E-state index in [9.17, 15) is 9.59 Å². The number of hydrogen-bond donors (Lipinski definition) is 1. The van der Waals surface area contributed by atoms with Crippen LogP contribution in [-0.2, 0) is 4.79 Å². The number of benzene rings is 3. The maximum absolute atomic E-state index is 12.4. The molecule has 0 atom stereocenters. The number of hydrogen-bond acceptors (Lipinski definition) is 7. The van der Waals surface area contributed by atoms with Crippen LogP contribution in [0.3, 0.4) is 0 Å². The molecule has 1 amide bonds. The summed E-state index contributed by atoms with van der Waals surface area (Å²) in [6, 6.07) is 18.1. The molecule has 0 aliphatic heterocycles. The van der Waals surface area contributed by atoms with Gasteiger partial charge in [0.25, 0.3) is 5.91 Å². The van der Waals surface area contributed by atoms with Crippen LogP contribution in [0.25, 0.3) is 0 Å². The van der Waals surface area contributed by atoms with Gasteiger partial charge in [0.15, 0.2) is 18.1 Å². The number of methoxy groups -OCH3 is 3. The predicted molar refractivity (Wildman–Crippen MR) is 118 cm³/mol. The summed E-state index contributed by atoms with van der Waals surface area (Å²) >= 11 is 0. The summed E-state index contributed by atoms with van der Waals surface area (Å²) in [4.78, 5) is 24.6. The normalized spacial score (nSPS) is 10.1. The standard InChI is InChI=1S/C24H23NO7/c1-28-18-7-5-17(6-8-18)25-23(26)15-31-21-13-4-16(14-22(21)30-3)24(27)32-20-11-9-19(29-2)10-12-20/h4-14H,15H2,1-3H3,(H,25,26). The van der Waals surface area contributed by atoms with Gasteiger partial charge in [-0.15, -0.1) is 0 Å². The quantitative estimate of drug-likeness (QED) is 0.400. The molecule has 8 nitrogen and oxygen atoms in total. The largest absolute Gasteiger partial charge is 0.497 e. The topological polar surface area (TPSA) is 92.3 Å². The van der Waals surface area contributed by atoms with Crippen molar-refractivity contribution in [1.82, 2.24) is 0 Å². The fourth-order valence-corrected chi connectivity index (χ4v) is 2.74. The third-order valence-corrected chi connectivity index (χ3v) is 4.40. The Morgan fingerprint density at radius 3 is 1.91 bits per heavy atom. The summed E-state index contributed by atoms with van der Waals surface area (Å²) in [5, 5.41) is 2.72. The Morgan fingerprint density at radius 2 is 1.31 bits per heavy atom. The molecule has 0 heterocycles. The van der Waals surface area contributed by atoms with Crippen LogP contribution >= 0.6 is 0 Å². The molecule has 3 aromatic rings. The van der Waals surface area contributed by atoms with Crippen molar-refractivity contribution < 1.29 is 33.3 Å². The number of carbonyl (C=O) groups excluding carboxylic acids is 2. The van der Waals surface area contributed by atoms with Gasteiger partial charge in [-0.3, -0.25) is 4.79 Å². The second kappa shape index (κ2) is 10.7. The maximum atomic E-state index is 12.4. The van der Waals surface area contributed by atoms with Crippen molar-refractivity contribution in [3.8, 4) is 28.7 Å². The highest BCUT2D eigenvalue weighted by Crippen LogP contribution is 2.29. The first-order chi connectivity index (χ1) is 15.5. The molecule has 32 heavy (non-hydrogen) atoms. The molecule has 0 fully saturated rings. The molecule has 3 rings (SSSR count). The number of nitrogens with one attached hydrogen (secondary N) is 1. The highest BCUT2D eigenvalue weighted by Gasteiger charge is 2.14. The lowest BCUT2D eigenvalue weighted by atomic mass is 10.2. The van der Waals surface area contributed by atoms with Gasteiger partial charge in [0.2, 0.25) is 0 Å². The Hall–Kier alpha value is -4.20. The Morgan fingerprint density at radius 1 is 0.719 bits per heavy atom. The molecule has 0 aliphatic carbocycles. The second-order valence-corrected chi connectivity index (χ2v) is 6.50. The molecule has 1 N–H and O–H groups in total. The number of anilines is 1. The van der Waals surface area contributed by atoms with Crippen LogP contribution in [0.4, 0.5) is 5.69 Å². The lowest BCUT2D eigenvalue weighted by Gasteiger charge is -2.12. The molecule has 8 heteroatoms. The Balaban J connectivity index is 1.59. The molecule has 0 spiro atoms. The van der Waals surface area contributed by atoms with Crippen molar-refractivity contribution in [3.63, 3.8) is 0 Å². The minimum Gasteiger partial charge on any atom is -0.497 e. The first-order valence-electron chi connectivity index (χ1n) is 9.63. The van der Waals surface area contributed by atoms with E-state index in [1.54, 1.807) is 68.8 Å². The Kier molecular flexibility index (Phi) is 7.53. The van der Waals surface area contributed by atoms with Gasteiger partial charge in [-0.25, -0.2) is 4.79 Å². The summed E-state index contributed by atoms with van der Waals surface area (Å²) < 4.78 is 26.4. The van der Waals surface area contributed by atoms with Gasteiger partial charge < -0.3 is 29.0 Å². The van der Waals surface area contributed by atoms with Crippen LogP contribution < -0.4 is 29.0 Å². The monoisotopic (exact) mass is 437 g/mol. The minimum atomic E-state index is -0.558. The molecule has 0 saturated carbocycles. The lowest BCUT2D eigenvalue weighted by molar-refractivity contribution is -0.118. The fraction of sp³-hybridized carbons (Fsp3) is 0.167. The van der Waals surface area contributed by atoms with Crippen molar-refractivity contribution in [2.75, 3.05) is 33.3 Å². The molecular formula is C24H23NO7. The Bertz CT molecular complexity index is 1060. The maximum Gasteiger partial charge on any atom is 0.343 e. The third-order valence-electron chi connectivity index (χ3n) is 4.40. The average Bonchev–Trinajstić information content (AvgIpc) is 2.83. The van der Waals surface area contributed by atoms with Crippen LogP contribution in [0, 0.1) is 0 Å². The van der Waals surface area contributed by atoms with Crippen molar-refractivity contribution in [2.45, 2.75) is 0 Å². The van der Waals surface area contributed by atoms with Gasteiger partial charge in [-0.2, -0.15) is 0 Å². The van der Waals surface area contributed by atoms with Crippen molar-refractivity contribution in [2.24, 2.45) is 0 Å². The van der Waals surface area contributed by atoms with E-state index in [0.29, 0.717) is 34.4 Å². The zero-order valence-electron chi connectivity index (χ0n) is 17.9. The summed E-state index contributed by atoms with van der Waals surface area (Å²) in [6.07, 6.45) is 0. The molecule has 0 radical (unpaired) electrons. The van der Waals surface area contributed by atoms with E-state index in [-0.39, 0.29) is 18.1 Å². The first kappa shape index (κ1) is 22.5. The molecule has 0 bridgehead atoms. The summed E-state index contributed by atoms with van der Waals surface area (Å²) in [7, 11) is 4.57. The van der Waals surface area contributed by atoms with Gasteiger partial charge in [0, 0.05) is 5.69 Å². The van der Waals surface area contributed by atoms with Crippen LogP contribution in [0.1, 0.15) is 10.4 Å². The molecule has 166 valence electrons. The van der Waals surface area contributed by atoms with E-state index in [1.165, 1.54) is 19.2 Å². The van der Waals surface area contributed by atoms with E-state index < -0.39 is 5.97 Å². The van der Waals surface area contributed by atoms with Crippen LogP contribution in [0.5, 0.6) is 28.7 Å². The van der Waals surface area contributed by atoms with E-state index in [0.717, 1.165) is 0 Å². The zero-order chi connectivity index (χ0) is 22.9. The lowest BCUT2D eigenvalue weighted by Crippen LogP contribution is -2.20. The van der Waals surface area contributed by atoms with E-state index in [4.69, 9.17) is 23.7 Å². The molecule has 0 aliphatic rings. The van der Waals surface area contributed by atoms with Gasteiger partial charge >= 0.3 is 5.97 Å². The number of rotatable bonds is 9. The van der Waals surface area contributed by atoms with Crippen molar-refractivity contribution in [3.05, 3.63) is 72.3 Å². The van der Waals surface area contributed by atoms with Gasteiger partial charge in [-0.1, -0.05) is 0 Å². The van der Waals surface area contributed by atoms with E-state index in [1.807, 2.05) is 0 Å². The SMILES string of the molecule is COc1ccc(NC(=O)COc2ccc(C(=O)Oc3ccc(OC)cc3)cc2OC)cc1. The highest BCUT2D eigenvalue weighted by atomic mass is 16.5. The Labute approximate surface area is 185 Å². The molecular weight excluding hydrogens is 414 g/mol. The van der Waals surface area contributed by atoms with Crippen LogP contribution in [0.15, 0.2) is 66.7 Å². The van der Waals surface area contributed by atoms with E-state index >= 15 is 0 Å². The summed E-state index contributed by atoms with van der Waals surface area (Å²) in [6.45, 7) is -0.238. The fourth-order valence-electron chi connectivity index (χ4n) is 2.74. The number of esters is 1. The van der Waals surface area contributed by atoms with Crippen LogP contribution in [-0.4, -0.2) is 39.8 Å². The highest BCUT2D eigenvalue weighted by molar-refractivity contribution is 5.93. The van der Waals surface area contributed by atoms with Crippen molar-refractivity contribution in [1.29, 1.82) is 0 Å². The third kappa shape index (κ3) is 5.91. The summed E-state index contributed by atoms with van der Waals surface area (Å²) in [5.41, 5.74) is 0.885. The second-order valence-electron chi connectivity index (χ2n) is 6.50. The summed E-state index contributed by atoms with van der Waals surface area (Å²) in [5.74, 6) is 1.44. The number of carbonyl (C=O) groups is 2. The van der Waals surface area contributed by atoms with Crippen LogP contribution in [0.2, 0.25) is 0 Å².